The van der Waals surface area contributed by atoms with Crippen molar-refractivity contribution in [2.24, 2.45) is 0 Å². The third-order valence-corrected chi connectivity index (χ3v) is 5.31. The lowest BCUT2D eigenvalue weighted by Gasteiger charge is -2.39. The molecule has 0 aromatic carbocycles. The van der Waals surface area contributed by atoms with E-state index in [1.165, 1.54) is 0 Å². The Balaban J connectivity index is 1.49. The Bertz CT molecular complexity index is 907. The van der Waals surface area contributed by atoms with E-state index in [4.69, 9.17) is 4.42 Å². The minimum absolute atomic E-state index is 0.194. The van der Waals surface area contributed by atoms with Gasteiger partial charge in [-0.05, 0) is 44.7 Å². The number of likely N-dealkylation sites (N-methyl/N-ethyl adjacent to an activating group) is 1. The highest BCUT2D eigenvalue weighted by Crippen LogP contribution is 2.31. The van der Waals surface area contributed by atoms with E-state index in [1.54, 1.807) is 12.5 Å². The second kappa shape index (κ2) is 6.61. The third-order valence-electron chi connectivity index (χ3n) is 5.31. The zero-order valence-electron chi connectivity index (χ0n) is 15.4. The van der Waals surface area contributed by atoms with E-state index in [2.05, 4.69) is 35.9 Å². The number of furan rings is 1. The molecule has 4 rings (SSSR count). The van der Waals surface area contributed by atoms with Crippen LogP contribution in [0.25, 0.3) is 16.6 Å². The van der Waals surface area contributed by atoms with Crippen LogP contribution in [0.15, 0.2) is 47.7 Å². The molecule has 1 aliphatic rings. The summed E-state index contributed by atoms with van der Waals surface area (Å²) in [6.07, 6.45) is 7.30. The molecule has 0 spiro atoms. The molecule has 136 valence electrons. The van der Waals surface area contributed by atoms with Crippen LogP contribution in [0.3, 0.4) is 0 Å². The third kappa shape index (κ3) is 3.01. The largest absolute Gasteiger partial charge is 0.472 e. The zero-order chi connectivity index (χ0) is 18.3. The average molecular weight is 352 g/mol. The van der Waals surface area contributed by atoms with Gasteiger partial charge in [-0.1, -0.05) is 0 Å². The van der Waals surface area contributed by atoms with E-state index < -0.39 is 0 Å². The molecule has 1 aliphatic heterocycles. The fraction of sp³-hybridized carbons (Fsp3) is 0.400. The molecule has 0 bridgehead atoms. The second-order valence-corrected chi connectivity index (χ2v) is 7.35. The quantitative estimate of drug-likeness (QED) is 0.708. The number of likely N-dealkylation sites (tertiary alicyclic amines) is 1. The van der Waals surface area contributed by atoms with Crippen molar-refractivity contribution in [1.82, 2.24) is 19.2 Å². The summed E-state index contributed by atoms with van der Waals surface area (Å²) in [6, 6.07) is 6.53. The van der Waals surface area contributed by atoms with Crippen LogP contribution in [0, 0.1) is 0 Å². The number of imidazole rings is 1. The monoisotopic (exact) mass is 352 g/mol. The van der Waals surface area contributed by atoms with Gasteiger partial charge in [0.25, 0.3) is 0 Å². The number of fused-ring (bicyclic) bond motifs is 1. The number of aromatic nitrogens is 2. The lowest BCUT2D eigenvalue weighted by Crippen LogP contribution is -2.52. The number of carbonyl (C=O) groups is 1. The number of nitrogens with zero attached hydrogens (tertiary/aromatic N) is 4. The molecule has 1 fully saturated rings. The molecule has 1 saturated heterocycles. The maximum absolute atomic E-state index is 12.4. The summed E-state index contributed by atoms with van der Waals surface area (Å²) < 4.78 is 7.23. The maximum atomic E-state index is 12.4. The maximum Gasteiger partial charge on any atom is 0.236 e. The van der Waals surface area contributed by atoms with Crippen molar-refractivity contribution in [3.8, 4) is 11.1 Å². The SMILES string of the molecule is CC(C)N(C)CC(=O)N1CC(c2ncn3ccc(-c4ccoc4)cc23)C1. The van der Waals surface area contributed by atoms with Gasteiger partial charge in [-0.3, -0.25) is 9.69 Å². The first kappa shape index (κ1) is 16.8. The van der Waals surface area contributed by atoms with E-state index in [9.17, 15) is 4.79 Å². The molecule has 3 aromatic heterocycles. The number of rotatable bonds is 5. The zero-order valence-corrected chi connectivity index (χ0v) is 15.4. The van der Waals surface area contributed by atoms with Gasteiger partial charge >= 0.3 is 0 Å². The predicted molar refractivity (Wildman–Crippen MR) is 100.0 cm³/mol. The smallest absolute Gasteiger partial charge is 0.236 e. The highest BCUT2D eigenvalue weighted by Gasteiger charge is 2.34. The molecule has 3 aromatic rings. The molecule has 26 heavy (non-hydrogen) atoms. The molecular weight excluding hydrogens is 328 g/mol. The molecule has 4 heterocycles. The van der Waals surface area contributed by atoms with Gasteiger partial charge in [-0.15, -0.1) is 0 Å². The number of hydrogen-bond donors (Lipinski definition) is 0. The lowest BCUT2D eigenvalue weighted by molar-refractivity contribution is -0.137. The Hall–Kier alpha value is -2.60. The van der Waals surface area contributed by atoms with E-state index in [0.717, 1.165) is 35.4 Å². The van der Waals surface area contributed by atoms with Gasteiger partial charge < -0.3 is 13.7 Å². The van der Waals surface area contributed by atoms with E-state index in [-0.39, 0.29) is 5.91 Å². The standard InChI is InChI=1S/C20H24N4O2/c1-14(2)22(3)11-19(25)24-9-17(10-24)20-18-8-15(16-5-7-26-12-16)4-6-23(18)13-21-20/h4-8,12-14,17H,9-11H2,1-3H3. The molecule has 0 N–H and O–H groups in total. The van der Waals surface area contributed by atoms with Crippen LogP contribution in [0.2, 0.25) is 0 Å². The number of hydrogen-bond acceptors (Lipinski definition) is 4. The Kier molecular flexibility index (Phi) is 4.28. The van der Waals surface area contributed by atoms with Crippen LogP contribution in [0.4, 0.5) is 0 Å². The van der Waals surface area contributed by atoms with Crippen molar-refractivity contribution in [3.63, 3.8) is 0 Å². The van der Waals surface area contributed by atoms with Crippen LogP contribution >= 0.6 is 0 Å². The first-order valence-electron chi connectivity index (χ1n) is 9.00. The summed E-state index contributed by atoms with van der Waals surface area (Å²) in [7, 11) is 1.99. The Labute approximate surface area is 153 Å². The van der Waals surface area contributed by atoms with Gasteiger partial charge in [-0.25, -0.2) is 4.98 Å². The van der Waals surface area contributed by atoms with Gasteiger partial charge in [-0.2, -0.15) is 0 Å². The molecule has 6 nitrogen and oxygen atoms in total. The molecule has 1 amide bonds. The minimum atomic E-state index is 0.194. The minimum Gasteiger partial charge on any atom is -0.472 e. The van der Waals surface area contributed by atoms with Crippen LogP contribution in [0.5, 0.6) is 0 Å². The molecule has 0 radical (unpaired) electrons. The molecule has 0 aliphatic carbocycles. The second-order valence-electron chi connectivity index (χ2n) is 7.35. The van der Waals surface area contributed by atoms with Crippen molar-refractivity contribution < 1.29 is 9.21 Å². The topological polar surface area (TPSA) is 54.0 Å². The van der Waals surface area contributed by atoms with Gasteiger partial charge in [0.15, 0.2) is 0 Å². The number of carbonyl (C=O) groups excluding carboxylic acids is 1. The summed E-state index contributed by atoms with van der Waals surface area (Å²) in [4.78, 5) is 21.0. The highest BCUT2D eigenvalue weighted by molar-refractivity contribution is 5.79. The van der Waals surface area contributed by atoms with Crippen molar-refractivity contribution in [3.05, 3.63) is 48.9 Å². The van der Waals surface area contributed by atoms with E-state index >= 15 is 0 Å². The Morgan fingerprint density at radius 3 is 2.85 bits per heavy atom. The van der Waals surface area contributed by atoms with Crippen LogP contribution < -0.4 is 0 Å². The van der Waals surface area contributed by atoms with Gasteiger partial charge in [0.2, 0.25) is 5.91 Å². The fourth-order valence-electron chi connectivity index (χ4n) is 3.28. The van der Waals surface area contributed by atoms with Crippen molar-refractivity contribution in [2.75, 3.05) is 26.7 Å². The number of pyridine rings is 1. The summed E-state index contributed by atoms with van der Waals surface area (Å²) in [5.74, 6) is 0.493. The number of amides is 1. The molecule has 6 heteroatoms. The summed E-state index contributed by atoms with van der Waals surface area (Å²) in [5.41, 5.74) is 4.33. The first-order valence-corrected chi connectivity index (χ1v) is 9.00. The average Bonchev–Trinajstić information content (AvgIpc) is 3.23. The summed E-state index contributed by atoms with van der Waals surface area (Å²) >= 11 is 0. The van der Waals surface area contributed by atoms with Crippen molar-refractivity contribution in [1.29, 1.82) is 0 Å². The van der Waals surface area contributed by atoms with Crippen LogP contribution in [0.1, 0.15) is 25.5 Å². The predicted octanol–water partition coefficient (Wildman–Crippen LogP) is 2.86. The molecule has 0 atom stereocenters. The first-order chi connectivity index (χ1) is 12.5. The molecule has 0 unspecified atom stereocenters. The normalized spacial score (nSPS) is 15.2. The van der Waals surface area contributed by atoms with Crippen LogP contribution in [-0.4, -0.2) is 57.8 Å². The van der Waals surface area contributed by atoms with E-state index in [0.29, 0.717) is 18.5 Å². The van der Waals surface area contributed by atoms with Crippen molar-refractivity contribution >= 4 is 11.4 Å². The van der Waals surface area contributed by atoms with Crippen LogP contribution in [-0.2, 0) is 4.79 Å². The fourth-order valence-corrected chi connectivity index (χ4v) is 3.28. The molecular formula is C20H24N4O2. The highest BCUT2D eigenvalue weighted by atomic mass is 16.3. The Morgan fingerprint density at radius 1 is 1.35 bits per heavy atom. The Morgan fingerprint density at radius 2 is 2.15 bits per heavy atom. The molecule has 0 saturated carbocycles. The summed E-state index contributed by atoms with van der Waals surface area (Å²) in [5, 5.41) is 0. The van der Waals surface area contributed by atoms with E-state index in [1.807, 2.05) is 34.9 Å². The van der Waals surface area contributed by atoms with Crippen molar-refractivity contribution in [2.45, 2.75) is 25.8 Å². The lowest BCUT2D eigenvalue weighted by atomic mass is 9.94. The van der Waals surface area contributed by atoms with Gasteiger partial charge in [0.05, 0.1) is 36.6 Å². The van der Waals surface area contributed by atoms with Gasteiger partial charge in [0, 0.05) is 36.8 Å². The van der Waals surface area contributed by atoms with Gasteiger partial charge in [0.1, 0.15) is 0 Å². The summed E-state index contributed by atoms with van der Waals surface area (Å²) in [6.45, 7) is 6.15.